The van der Waals surface area contributed by atoms with Crippen LogP contribution in [0.1, 0.15) is 28.9 Å². The summed E-state index contributed by atoms with van der Waals surface area (Å²) >= 11 is 3.62. The van der Waals surface area contributed by atoms with Crippen LogP contribution in [0.3, 0.4) is 0 Å². The van der Waals surface area contributed by atoms with Crippen molar-refractivity contribution >= 4 is 32.7 Å². The fourth-order valence-electron chi connectivity index (χ4n) is 4.89. The van der Waals surface area contributed by atoms with Gasteiger partial charge in [-0.15, -0.1) is 0 Å². The normalized spacial score (nSPS) is 29.3. The monoisotopic (exact) mass is 388 g/mol. The predicted octanol–water partition coefficient (Wildman–Crippen LogP) is 2.43. The second kappa shape index (κ2) is 5.30. The molecule has 4 aliphatic heterocycles. The molecule has 0 saturated carbocycles. The number of nitrogens with zero attached hydrogens (tertiary/aromatic N) is 4. The van der Waals surface area contributed by atoms with E-state index in [1.165, 1.54) is 25.9 Å². The van der Waals surface area contributed by atoms with E-state index in [0.29, 0.717) is 12.0 Å². The molecule has 4 aliphatic rings. The highest BCUT2D eigenvalue weighted by Crippen LogP contribution is 2.36. The first-order valence-electron chi connectivity index (χ1n) is 8.81. The molecule has 3 saturated heterocycles. The van der Waals surface area contributed by atoms with Crippen molar-refractivity contribution in [3.8, 4) is 0 Å². The van der Waals surface area contributed by atoms with E-state index in [-0.39, 0.29) is 5.91 Å². The van der Waals surface area contributed by atoms with Gasteiger partial charge in [-0.3, -0.25) is 9.48 Å². The van der Waals surface area contributed by atoms with Crippen LogP contribution in [-0.2, 0) is 13.5 Å². The number of halogens is 1. The molecule has 0 spiro atoms. The van der Waals surface area contributed by atoms with Crippen LogP contribution in [-0.4, -0.2) is 57.7 Å². The summed E-state index contributed by atoms with van der Waals surface area (Å²) in [6.45, 7) is 4.23. The highest BCUT2D eigenvalue weighted by molar-refractivity contribution is 9.10. The van der Waals surface area contributed by atoms with Crippen LogP contribution >= 0.6 is 15.9 Å². The highest BCUT2D eigenvalue weighted by atomic mass is 79.9. The molecule has 0 N–H and O–H groups in total. The van der Waals surface area contributed by atoms with Crippen LogP contribution in [0, 0.1) is 5.92 Å². The fraction of sp³-hybridized carbons (Fsp3) is 0.556. The van der Waals surface area contributed by atoms with Crippen molar-refractivity contribution in [3.05, 3.63) is 27.9 Å². The summed E-state index contributed by atoms with van der Waals surface area (Å²) < 4.78 is 2.90. The summed E-state index contributed by atoms with van der Waals surface area (Å²) in [5.74, 6) is 0.861. The Hall–Kier alpha value is -1.40. The molecule has 5 heterocycles. The second-order valence-electron chi connectivity index (χ2n) is 7.34. The molecule has 3 fully saturated rings. The van der Waals surface area contributed by atoms with E-state index in [2.05, 4.69) is 25.7 Å². The third-order valence-corrected chi connectivity index (χ3v) is 6.75. The van der Waals surface area contributed by atoms with E-state index < -0.39 is 0 Å². The van der Waals surface area contributed by atoms with E-state index >= 15 is 0 Å². The zero-order valence-corrected chi connectivity index (χ0v) is 15.4. The van der Waals surface area contributed by atoms with Crippen molar-refractivity contribution in [2.24, 2.45) is 13.0 Å². The molecule has 24 heavy (non-hydrogen) atoms. The maximum Gasteiger partial charge on any atom is 0.254 e. The van der Waals surface area contributed by atoms with Gasteiger partial charge in [0.15, 0.2) is 0 Å². The SMILES string of the molecule is Cn1nc2c3c(ccc(Br)c31)C(=O)N([C@@H]1CN3CCC1CC3)CC2. The first-order chi connectivity index (χ1) is 11.6. The van der Waals surface area contributed by atoms with Gasteiger partial charge in [-0.1, -0.05) is 0 Å². The Morgan fingerprint density at radius 3 is 2.71 bits per heavy atom. The van der Waals surface area contributed by atoms with E-state index in [4.69, 9.17) is 5.10 Å². The lowest BCUT2D eigenvalue weighted by molar-refractivity contribution is 0.00820. The third kappa shape index (κ3) is 2.02. The highest BCUT2D eigenvalue weighted by Gasteiger charge is 2.40. The van der Waals surface area contributed by atoms with Gasteiger partial charge in [-0.05, 0) is 59.9 Å². The topological polar surface area (TPSA) is 41.4 Å². The van der Waals surface area contributed by atoms with Crippen molar-refractivity contribution in [1.82, 2.24) is 19.6 Å². The van der Waals surface area contributed by atoms with Crippen molar-refractivity contribution in [2.75, 3.05) is 26.2 Å². The van der Waals surface area contributed by atoms with Gasteiger partial charge in [0, 0.05) is 42.5 Å². The van der Waals surface area contributed by atoms with Crippen molar-refractivity contribution in [3.63, 3.8) is 0 Å². The number of hydrogen-bond donors (Lipinski definition) is 0. The minimum Gasteiger partial charge on any atom is -0.334 e. The Bertz CT molecular complexity index is 837. The lowest BCUT2D eigenvalue weighted by Crippen LogP contribution is -2.58. The van der Waals surface area contributed by atoms with Gasteiger partial charge in [-0.2, -0.15) is 5.10 Å². The van der Waals surface area contributed by atoms with E-state index in [0.717, 1.165) is 46.1 Å². The fourth-order valence-corrected chi connectivity index (χ4v) is 5.48. The average molecular weight is 389 g/mol. The van der Waals surface area contributed by atoms with E-state index in [1.54, 1.807) is 0 Å². The van der Waals surface area contributed by atoms with Crippen molar-refractivity contribution < 1.29 is 4.79 Å². The van der Waals surface area contributed by atoms with Gasteiger partial charge in [-0.25, -0.2) is 0 Å². The summed E-state index contributed by atoms with van der Waals surface area (Å²) in [5.41, 5.74) is 2.91. The molecule has 0 aliphatic carbocycles. The van der Waals surface area contributed by atoms with Crippen LogP contribution in [0.2, 0.25) is 0 Å². The minimum atomic E-state index is 0.193. The average Bonchev–Trinajstić information content (AvgIpc) is 2.87. The molecule has 126 valence electrons. The Morgan fingerprint density at radius 1 is 1.21 bits per heavy atom. The van der Waals surface area contributed by atoms with Crippen LogP contribution in [0.15, 0.2) is 16.6 Å². The van der Waals surface area contributed by atoms with Gasteiger partial charge >= 0.3 is 0 Å². The number of aromatic nitrogens is 2. The number of aryl methyl sites for hydroxylation is 1. The first kappa shape index (κ1) is 14.9. The van der Waals surface area contributed by atoms with E-state index in [9.17, 15) is 4.79 Å². The summed E-state index contributed by atoms with van der Waals surface area (Å²) in [6, 6.07) is 4.33. The number of rotatable bonds is 1. The smallest absolute Gasteiger partial charge is 0.254 e. The largest absolute Gasteiger partial charge is 0.334 e. The van der Waals surface area contributed by atoms with Gasteiger partial charge in [0.2, 0.25) is 0 Å². The second-order valence-corrected chi connectivity index (χ2v) is 8.20. The Morgan fingerprint density at radius 2 is 2.00 bits per heavy atom. The number of piperidine rings is 3. The predicted molar refractivity (Wildman–Crippen MR) is 96.1 cm³/mol. The molecule has 1 aromatic carbocycles. The molecule has 5 nitrogen and oxygen atoms in total. The molecule has 6 rings (SSSR count). The van der Waals surface area contributed by atoms with Crippen molar-refractivity contribution in [2.45, 2.75) is 25.3 Å². The standard InChI is InChI=1S/C18H21BrN4O/c1-21-17-13(19)3-2-12-16(17)14(20-21)6-9-23(18(12)24)15-10-22-7-4-11(15)5-8-22/h2-3,11,15H,4-10H2,1H3/t15-/m1/s1. The number of carbonyl (C=O) groups is 1. The zero-order chi connectivity index (χ0) is 16.4. The first-order valence-corrected chi connectivity index (χ1v) is 9.60. The quantitative estimate of drug-likeness (QED) is 0.753. The maximum absolute atomic E-state index is 13.4. The number of amides is 1. The molecule has 2 bridgehead atoms. The van der Waals surface area contributed by atoms with Crippen LogP contribution in [0.25, 0.3) is 10.9 Å². The van der Waals surface area contributed by atoms with Gasteiger partial charge < -0.3 is 9.80 Å². The van der Waals surface area contributed by atoms with Crippen LogP contribution < -0.4 is 0 Å². The molecule has 0 radical (unpaired) electrons. The number of benzene rings is 1. The molecule has 1 amide bonds. The van der Waals surface area contributed by atoms with Crippen LogP contribution in [0.5, 0.6) is 0 Å². The number of fused-ring (bicyclic) bond motifs is 3. The molecular weight excluding hydrogens is 368 g/mol. The van der Waals surface area contributed by atoms with E-state index in [1.807, 2.05) is 23.9 Å². The lowest BCUT2D eigenvalue weighted by atomic mass is 9.83. The summed E-state index contributed by atoms with van der Waals surface area (Å²) in [6.07, 6.45) is 3.31. The molecule has 1 atom stereocenters. The van der Waals surface area contributed by atoms with Gasteiger partial charge in [0.05, 0.1) is 16.8 Å². The zero-order valence-electron chi connectivity index (χ0n) is 13.8. The summed E-state index contributed by atoms with van der Waals surface area (Å²) in [5, 5.41) is 5.74. The van der Waals surface area contributed by atoms with Crippen molar-refractivity contribution in [1.29, 1.82) is 0 Å². The van der Waals surface area contributed by atoms with Crippen LogP contribution in [0.4, 0.5) is 0 Å². The number of carbonyl (C=O) groups excluding carboxylic acids is 1. The molecule has 1 aromatic heterocycles. The third-order valence-electron chi connectivity index (χ3n) is 6.11. The summed E-state index contributed by atoms with van der Waals surface area (Å²) in [7, 11) is 1.96. The molecule has 2 aromatic rings. The van der Waals surface area contributed by atoms with Gasteiger partial charge in [0.1, 0.15) is 0 Å². The molecular formula is C18H21BrN4O. The minimum absolute atomic E-state index is 0.193. The Kier molecular flexibility index (Phi) is 3.29. The maximum atomic E-state index is 13.4. The Balaban J connectivity index is 1.60. The summed E-state index contributed by atoms with van der Waals surface area (Å²) in [4.78, 5) is 18.0. The molecule has 6 heteroatoms. The van der Waals surface area contributed by atoms with Gasteiger partial charge in [0.25, 0.3) is 5.91 Å². The Labute approximate surface area is 149 Å². The number of hydrogen-bond acceptors (Lipinski definition) is 3. The lowest BCUT2D eigenvalue weighted by Gasteiger charge is -2.49. The molecule has 0 unspecified atom stereocenters.